The zero-order valence-electron chi connectivity index (χ0n) is 7.83. The van der Waals surface area contributed by atoms with E-state index >= 15 is 0 Å². The molecule has 1 rings (SSSR count). The molecule has 1 aliphatic rings. The van der Waals surface area contributed by atoms with Crippen molar-refractivity contribution in [2.45, 2.75) is 25.1 Å². The molecule has 0 bridgehead atoms. The van der Waals surface area contributed by atoms with Crippen molar-refractivity contribution < 1.29 is 0 Å². The van der Waals surface area contributed by atoms with Gasteiger partial charge in [-0.25, -0.2) is 0 Å². The van der Waals surface area contributed by atoms with E-state index in [1.165, 1.54) is 0 Å². The third kappa shape index (κ3) is 3.27. The second-order valence-electron chi connectivity index (χ2n) is 3.08. The Kier molecular flexibility index (Phi) is 4.29. The highest BCUT2D eigenvalue weighted by Gasteiger charge is 2.15. The highest BCUT2D eigenvalue weighted by molar-refractivity contribution is 8.14. The van der Waals surface area contributed by atoms with Crippen LogP contribution in [0.3, 0.4) is 0 Å². The number of hydrogen-bond acceptors (Lipinski definition) is 4. The van der Waals surface area contributed by atoms with E-state index in [0.717, 1.165) is 17.5 Å². The van der Waals surface area contributed by atoms with Gasteiger partial charge < -0.3 is 5.32 Å². The van der Waals surface area contributed by atoms with Gasteiger partial charge >= 0.3 is 0 Å². The van der Waals surface area contributed by atoms with Crippen molar-refractivity contribution in [1.29, 1.82) is 0 Å². The summed E-state index contributed by atoms with van der Waals surface area (Å²) in [6, 6.07) is 0.538. The SMILES string of the molecule is CSCC(C)NC1=NCC(C)S1. The van der Waals surface area contributed by atoms with Gasteiger partial charge in [-0.15, -0.1) is 0 Å². The van der Waals surface area contributed by atoms with E-state index in [2.05, 4.69) is 30.4 Å². The molecular formula is C8H16N2S2. The van der Waals surface area contributed by atoms with Crippen molar-refractivity contribution in [3.63, 3.8) is 0 Å². The smallest absolute Gasteiger partial charge is 0.157 e. The molecule has 2 atom stereocenters. The van der Waals surface area contributed by atoms with Crippen molar-refractivity contribution in [1.82, 2.24) is 5.32 Å². The number of amidine groups is 1. The maximum atomic E-state index is 4.40. The van der Waals surface area contributed by atoms with E-state index in [-0.39, 0.29) is 0 Å². The molecule has 0 saturated carbocycles. The van der Waals surface area contributed by atoms with Gasteiger partial charge in [-0.1, -0.05) is 18.7 Å². The summed E-state index contributed by atoms with van der Waals surface area (Å²) in [7, 11) is 0. The number of nitrogens with zero attached hydrogens (tertiary/aromatic N) is 1. The Labute approximate surface area is 83.0 Å². The molecule has 0 aliphatic carbocycles. The van der Waals surface area contributed by atoms with Crippen LogP contribution in [0, 0.1) is 0 Å². The molecule has 70 valence electrons. The molecular weight excluding hydrogens is 188 g/mol. The van der Waals surface area contributed by atoms with E-state index in [4.69, 9.17) is 0 Å². The summed E-state index contributed by atoms with van der Waals surface area (Å²) >= 11 is 3.72. The van der Waals surface area contributed by atoms with E-state index in [0.29, 0.717) is 11.3 Å². The van der Waals surface area contributed by atoms with Crippen LogP contribution in [-0.2, 0) is 0 Å². The van der Waals surface area contributed by atoms with Crippen LogP contribution in [0.5, 0.6) is 0 Å². The largest absolute Gasteiger partial charge is 0.362 e. The third-order valence-electron chi connectivity index (χ3n) is 1.59. The molecule has 2 unspecified atom stereocenters. The normalized spacial score (nSPS) is 25.2. The zero-order chi connectivity index (χ0) is 8.97. The molecule has 4 heteroatoms. The molecule has 12 heavy (non-hydrogen) atoms. The molecule has 1 heterocycles. The van der Waals surface area contributed by atoms with Crippen molar-refractivity contribution >= 4 is 28.7 Å². The van der Waals surface area contributed by atoms with Crippen LogP contribution in [0.4, 0.5) is 0 Å². The molecule has 1 aliphatic heterocycles. The summed E-state index contributed by atoms with van der Waals surface area (Å²) in [4.78, 5) is 4.40. The number of rotatable bonds is 3. The van der Waals surface area contributed by atoms with E-state index in [1.54, 1.807) is 0 Å². The van der Waals surface area contributed by atoms with Crippen LogP contribution in [0.1, 0.15) is 13.8 Å². The second-order valence-corrected chi connectivity index (χ2v) is 5.41. The maximum absolute atomic E-state index is 4.40. The van der Waals surface area contributed by atoms with Gasteiger partial charge in [0.1, 0.15) is 0 Å². The lowest BCUT2D eigenvalue weighted by atomic mass is 10.4. The fourth-order valence-corrected chi connectivity index (χ4v) is 2.59. The summed E-state index contributed by atoms with van der Waals surface area (Å²) < 4.78 is 0. The van der Waals surface area contributed by atoms with Gasteiger partial charge in [0.05, 0.1) is 6.54 Å². The number of aliphatic imine (C=N–C) groups is 1. The summed E-state index contributed by atoms with van der Waals surface area (Å²) in [5.41, 5.74) is 0. The summed E-state index contributed by atoms with van der Waals surface area (Å²) in [5, 5.41) is 5.19. The minimum atomic E-state index is 0.538. The fourth-order valence-electron chi connectivity index (χ4n) is 1.06. The van der Waals surface area contributed by atoms with Crippen LogP contribution < -0.4 is 5.32 Å². The Bertz CT molecular complexity index is 170. The molecule has 0 aromatic carbocycles. The van der Waals surface area contributed by atoms with Crippen LogP contribution in [0.2, 0.25) is 0 Å². The molecule has 0 saturated heterocycles. The van der Waals surface area contributed by atoms with Gasteiger partial charge in [-0.05, 0) is 13.2 Å². The van der Waals surface area contributed by atoms with Crippen LogP contribution in [0.15, 0.2) is 4.99 Å². The molecule has 0 fully saturated rings. The highest BCUT2D eigenvalue weighted by atomic mass is 32.2. The van der Waals surface area contributed by atoms with Gasteiger partial charge in [0.2, 0.25) is 0 Å². The summed E-state index contributed by atoms with van der Waals surface area (Å²) in [6.45, 7) is 5.38. The first-order valence-corrected chi connectivity index (χ1v) is 6.46. The molecule has 0 aromatic rings. The van der Waals surface area contributed by atoms with Crippen LogP contribution in [0.25, 0.3) is 0 Å². The lowest BCUT2D eigenvalue weighted by Crippen LogP contribution is -2.31. The van der Waals surface area contributed by atoms with E-state index < -0.39 is 0 Å². The molecule has 2 nitrogen and oxygen atoms in total. The fraction of sp³-hybridized carbons (Fsp3) is 0.875. The van der Waals surface area contributed by atoms with Gasteiger partial charge in [0, 0.05) is 17.0 Å². The minimum Gasteiger partial charge on any atom is -0.362 e. The topological polar surface area (TPSA) is 24.4 Å². The lowest BCUT2D eigenvalue weighted by Gasteiger charge is -2.12. The first-order chi connectivity index (χ1) is 5.72. The Morgan fingerprint density at radius 1 is 1.83 bits per heavy atom. The molecule has 1 N–H and O–H groups in total. The average molecular weight is 204 g/mol. The molecule has 0 aromatic heterocycles. The van der Waals surface area contributed by atoms with Crippen molar-refractivity contribution in [3.05, 3.63) is 0 Å². The van der Waals surface area contributed by atoms with Gasteiger partial charge in [0.15, 0.2) is 5.17 Å². The van der Waals surface area contributed by atoms with Crippen LogP contribution >= 0.6 is 23.5 Å². The van der Waals surface area contributed by atoms with Crippen molar-refractivity contribution in [2.24, 2.45) is 4.99 Å². The maximum Gasteiger partial charge on any atom is 0.157 e. The molecule has 0 spiro atoms. The molecule has 0 amide bonds. The lowest BCUT2D eigenvalue weighted by molar-refractivity contribution is 0.750. The summed E-state index contributed by atoms with van der Waals surface area (Å²) in [5.74, 6) is 1.15. The standard InChI is InChI=1S/C8H16N2S2/c1-6(5-11-3)10-8-9-4-7(2)12-8/h6-7H,4-5H2,1-3H3,(H,9,10). The monoisotopic (exact) mass is 204 g/mol. The van der Waals surface area contributed by atoms with Crippen molar-refractivity contribution in [3.8, 4) is 0 Å². The Morgan fingerprint density at radius 2 is 2.58 bits per heavy atom. The first kappa shape index (κ1) is 10.3. The van der Waals surface area contributed by atoms with E-state index in [9.17, 15) is 0 Å². The zero-order valence-corrected chi connectivity index (χ0v) is 9.47. The predicted molar refractivity (Wildman–Crippen MR) is 60.3 cm³/mol. The highest BCUT2D eigenvalue weighted by Crippen LogP contribution is 2.18. The predicted octanol–water partition coefficient (Wildman–Crippen LogP) is 1.82. The van der Waals surface area contributed by atoms with Crippen LogP contribution in [-0.4, -0.2) is 35.0 Å². The molecule has 0 radical (unpaired) electrons. The quantitative estimate of drug-likeness (QED) is 0.759. The van der Waals surface area contributed by atoms with Crippen molar-refractivity contribution in [2.75, 3.05) is 18.6 Å². The number of thioether (sulfide) groups is 2. The van der Waals surface area contributed by atoms with Gasteiger partial charge in [-0.3, -0.25) is 4.99 Å². The average Bonchev–Trinajstić information content (AvgIpc) is 2.36. The first-order valence-electron chi connectivity index (χ1n) is 4.19. The second kappa shape index (κ2) is 5.02. The Balaban J connectivity index is 2.22. The minimum absolute atomic E-state index is 0.538. The Morgan fingerprint density at radius 3 is 3.08 bits per heavy atom. The third-order valence-corrected chi connectivity index (χ3v) is 3.45. The van der Waals surface area contributed by atoms with E-state index in [1.807, 2.05) is 23.5 Å². The number of hydrogen-bond donors (Lipinski definition) is 1. The number of nitrogens with one attached hydrogen (secondary N) is 1. The van der Waals surface area contributed by atoms with Gasteiger partial charge in [0.25, 0.3) is 0 Å². The van der Waals surface area contributed by atoms with Gasteiger partial charge in [-0.2, -0.15) is 11.8 Å². The summed E-state index contributed by atoms with van der Waals surface area (Å²) in [6.07, 6.45) is 2.13. The Hall–Kier alpha value is 0.170.